The lowest BCUT2D eigenvalue weighted by Crippen LogP contribution is -2.20. The highest BCUT2D eigenvalue weighted by Crippen LogP contribution is 2.36. The molecular formula is C10H8N2O2. The fraction of sp³-hybridized carbons (Fsp3) is 0.200. The third-order valence-corrected chi connectivity index (χ3v) is 2.32. The first-order chi connectivity index (χ1) is 6.74. The van der Waals surface area contributed by atoms with Crippen LogP contribution in [0.1, 0.15) is 5.56 Å². The summed E-state index contributed by atoms with van der Waals surface area (Å²) in [6.07, 6.45) is 1.87. The van der Waals surface area contributed by atoms with Crippen LogP contribution in [0.15, 0.2) is 23.2 Å². The summed E-state index contributed by atoms with van der Waals surface area (Å²) in [6.45, 7) is 0. The summed E-state index contributed by atoms with van der Waals surface area (Å²) >= 11 is 0. The van der Waals surface area contributed by atoms with E-state index in [2.05, 4.69) is 4.99 Å². The summed E-state index contributed by atoms with van der Waals surface area (Å²) in [5.41, 5.74) is 2.14. The fourth-order valence-electron chi connectivity index (χ4n) is 1.65. The normalized spacial score (nSPS) is 13.8. The summed E-state index contributed by atoms with van der Waals surface area (Å²) in [6, 6.07) is 5.33. The second kappa shape index (κ2) is 3.09. The van der Waals surface area contributed by atoms with Crippen molar-refractivity contribution in [2.75, 3.05) is 11.9 Å². The van der Waals surface area contributed by atoms with Crippen LogP contribution in [-0.2, 0) is 16.0 Å². The van der Waals surface area contributed by atoms with Gasteiger partial charge in [0.25, 0.3) is 0 Å². The van der Waals surface area contributed by atoms with Crippen LogP contribution in [0, 0.1) is 0 Å². The molecule has 0 bridgehead atoms. The Kier molecular flexibility index (Phi) is 1.91. The molecule has 1 amide bonds. The zero-order valence-corrected chi connectivity index (χ0v) is 7.65. The molecule has 0 fully saturated rings. The summed E-state index contributed by atoms with van der Waals surface area (Å²) in [5.74, 6) is 0.0218. The standard InChI is InChI=1S/C10H8N2O2/c1-12-9(14)5-7-3-2-4-8(10(7)12)11-6-13/h2-4H,5H2,1H3. The smallest absolute Gasteiger partial charge is 0.240 e. The van der Waals surface area contributed by atoms with Crippen LogP contribution in [0.4, 0.5) is 11.4 Å². The summed E-state index contributed by atoms with van der Waals surface area (Å²) in [7, 11) is 1.68. The molecule has 0 atom stereocenters. The van der Waals surface area contributed by atoms with Crippen LogP contribution in [0.5, 0.6) is 0 Å². The minimum absolute atomic E-state index is 0.0218. The van der Waals surface area contributed by atoms with E-state index in [0.29, 0.717) is 12.1 Å². The lowest BCUT2D eigenvalue weighted by molar-refractivity contribution is -0.117. The van der Waals surface area contributed by atoms with E-state index in [1.807, 2.05) is 6.07 Å². The number of anilines is 1. The Morgan fingerprint density at radius 2 is 2.29 bits per heavy atom. The summed E-state index contributed by atoms with van der Waals surface area (Å²) in [5, 5.41) is 0. The number of hydrogen-bond donors (Lipinski definition) is 0. The van der Waals surface area contributed by atoms with E-state index in [0.717, 1.165) is 11.3 Å². The molecule has 70 valence electrons. The first-order valence-electron chi connectivity index (χ1n) is 4.20. The summed E-state index contributed by atoms with van der Waals surface area (Å²) < 4.78 is 0. The van der Waals surface area contributed by atoms with Gasteiger partial charge in [-0.15, -0.1) is 0 Å². The van der Waals surface area contributed by atoms with E-state index < -0.39 is 0 Å². The number of para-hydroxylation sites is 1. The van der Waals surface area contributed by atoms with Crippen molar-refractivity contribution < 1.29 is 9.59 Å². The van der Waals surface area contributed by atoms with Gasteiger partial charge in [0.15, 0.2) is 0 Å². The number of rotatable bonds is 1. The van der Waals surface area contributed by atoms with Crippen LogP contribution in [0.3, 0.4) is 0 Å². The number of carbonyl (C=O) groups is 1. The number of likely N-dealkylation sites (N-methyl/N-ethyl adjacent to an activating group) is 1. The van der Waals surface area contributed by atoms with Crippen molar-refractivity contribution in [2.24, 2.45) is 4.99 Å². The molecule has 0 saturated carbocycles. The van der Waals surface area contributed by atoms with Gasteiger partial charge >= 0.3 is 0 Å². The van der Waals surface area contributed by atoms with Gasteiger partial charge < -0.3 is 4.90 Å². The van der Waals surface area contributed by atoms with Gasteiger partial charge in [-0.2, -0.15) is 4.99 Å². The molecule has 1 aliphatic heterocycles. The molecule has 1 aromatic carbocycles. The largest absolute Gasteiger partial charge is 0.313 e. The van der Waals surface area contributed by atoms with Crippen molar-refractivity contribution in [3.8, 4) is 0 Å². The first kappa shape index (κ1) is 8.66. The Morgan fingerprint density at radius 1 is 1.50 bits per heavy atom. The van der Waals surface area contributed by atoms with Crippen molar-refractivity contribution in [1.29, 1.82) is 0 Å². The average Bonchev–Trinajstić information content (AvgIpc) is 2.45. The molecule has 0 saturated heterocycles. The number of amides is 1. The lowest BCUT2D eigenvalue weighted by Gasteiger charge is -2.11. The van der Waals surface area contributed by atoms with Gasteiger partial charge in [0.2, 0.25) is 12.0 Å². The topological polar surface area (TPSA) is 49.7 Å². The summed E-state index contributed by atoms with van der Waals surface area (Å²) in [4.78, 5) is 26.6. The van der Waals surface area contributed by atoms with Crippen LogP contribution >= 0.6 is 0 Å². The van der Waals surface area contributed by atoms with E-state index >= 15 is 0 Å². The first-order valence-corrected chi connectivity index (χ1v) is 4.20. The Bertz CT molecular complexity index is 447. The lowest BCUT2D eigenvalue weighted by atomic mass is 10.1. The number of nitrogens with zero attached hydrogens (tertiary/aromatic N) is 2. The quantitative estimate of drug-likeness (QED) is 0.490. The van der Waals surface area contributed by atoms with E-state index in [4.69, 9.17) is 0 Å². The van der Waals surface area contributed by atoms with Crippen molar-refractivity contribution >= 4 is 23.4 Å². The molecule has 1 heterocycles. The van der Waals surface area contributed by atoms with E-state index in [-0.39, 0.29) is 5.91 Å². The number of hydrogen-bond acceptors (Lipinski definition) is 3. The Morgan fingerprint density at radius 3 is 3.00 bits per heavy atom. The number of benzene rings is 1. The molecule has 1 aliphatic rings. The van der Waals surface area contributed by atoms with Gasteiger partial charge in [-0.1, -0.05) is 12.1 Å². The molecule has 4 heteroatoms. The van der Waals surface area contributed by atoms with Gasteiger partial charge in [-0.25, -0.2) is 4.79 Å². The van der Waals surface area contributed by atoms with Gasteiger partial charge in [-0.05, 0) is 11.6 Å². The second-order valence-electron chi connectivity index (χ2n) is 3.12. The molecule has 4 nitrogen and oxygen atoms in total. The van der Waals surface area contributed by atoms with Crippen LogP contribution in [0.25, 0.3) is 0 Å². The van der Waals surface area contributed by atoms with Gasteiger partial charge in [-0.3, -0.25) is 4.79 Å². The Labute approximate surface area is 80.9 Å². The van der Waals surface area contributed by atoms with E-state index in [1.165, 1.54) is 11.0 Å². The van der Waals surface area contributed by atoms with Gasteiger partial charge in [0, 0.05) is 7.05 Å². The fourth-order valence-corrected chi connectivity index (χ4v) is 1.65. The molecule has 2 rings (SSSR count). The zero-order chi connectivity index (χ0) is 10.1. The molecule has 1 aromatic rings. The van der Waals surface area contributed by atoms with Crippen molar-refractivity contribution in [2.45, 2.75) is 6.42 Å². The SMILES string of the molecule is CN1C(=O)Cc2cccc(N=C=O)c21. The number of carbonyl (C=O) groups excluding carboxylic acids is 2. The average molecular weight is 188 g/mol. The highest BCUT2D eigenvalue weighted by molar-refractivity contribution is 6.04. The highest BCUT2D eigenvalue weighted by Gasteiger charge is 2.26. The number of fused-ring (bicyclic) bond motifs is 1. The predicted octanol–water partition coefficient (Wildman–Crippen LogP) is 1.17. The molecule has 0 aromatic heterocycles. The van der Waals surface area contributed by atoms with Gasteiger partial charge in [0.05, 0.1) is 12.1 Å². The minimum Gasteiger partial charge on any atom is -0.313 e. The van der Waals surface area contributed by atoms with E-state index in [1.54, 1.807) is 19.2 Å². The van der Waals surface area contributed by atoms with Crippen LogP contribution in [-0.4, -0.2) is 19.0 Å². The van der Waals surface area contributed by atoms with Gasteiger partial charge in [0.1, 0.15) is 5.69 Å². The second-order valence-corrected chi connectivity index (χ2v) is 3.12. The van der Waals surface area contributed by atoms with Crippen molar-refractivity contribution in [3.63, 3.8) is 0 Å². The molecular weight excluding hydrogens is 180 g/mol. The van der Waals surface area contributed by atoms with Crippen molar-refractivity contribution in [3.05, 3.63) is 23.8 Å². The zero-order valence-electron chi connectivity index (χ0n) is 7.65. The predicted molar refractivity (Wildman–Crippen MR) is 51.3 cm³/mol. The monoisotopic (exact) mass is 188 g/mol. The maximum Gasteiger partial charge on any atom is 0.240 e. The molecule has 0 aliphatic carbocycles. The van der Waals surface area contributed by atoms with Crippen LogP contribution < -0.4 is 4.90 Å². The molecule has 0 N–H and O–H groups in total. The number of isocyanates is 1. The number of aliphatic imine (C=N–C) groups is 1. The maximum absolute atomic E-state index is 11.4. The van der Waals surface area contributed by atoms with Crippen LogP contribution in [0.2, 0.25) is 0 Å². The maximum atomic E-state index is 11.4. The van der Waals surface area contributed by atoms with Crippen molar-refractivity contribution in [1.82, 2.24) is 0 Å². The third kappa shape index (κ3) is 1.13. The molecule has 14 heavy (non-hydrogen) atoms. The van der Waals surface area contributed by atoms with E-state index in [9.17, 15) is 9.59 Å². The Balaban J connectivity index is 2.63. The minimum atomic E-state index is 0.0218. The molecule has 0 unspecified atom stereocenters. The molecule has 0 radical (unpaired) electrons. The highest BCUT2D eigenvalue weighted by atomic mass is 16.2. The molecule has 0 spiro atoms. The Hall–Kier alpha value is -1.93. The third-order valence-electron chi connectivity index (χ3n) is 2.32.